The molecular formula is C12H11F2NO3. The summed E-state index contributed by atoms with van der Waals surface area (Å²) in [4.78, 5) is 23.1. The van der Waals surface area contributed by atoms with Crippen LogP contribution in [-0.2, 0) is 27.3 Å². The molecule has 1 atom stereocenters. The van der Waals surface area contributed by atoms with Crippen LogP contribution in [0.3, 0.4) is 0 Å². The Kier molecular flexibility index (Phi) is 3.27. The Morgan fingerprint density at radius 2 is 1.94 bits per heavy atom. The average molecular weight is 255 g/mol. The SMILES string of the molecule is COC(=O)C1Cc2cc(F)c(F)cc2CNC1=O. The number of carbonyl (C=O) groups is 2. The number of benzene rings is 1. The van der Waals surface area contributed by atoms with E-state index in [1.54, 1.807) is 0 Å². The molecule has 1 heterocycles. The van der Waals surface area contributed by atoms with Crippen LogP contribution in [0.15, 0.2) is 12.1 Å². The zero-order valence-corrected chi connectivity index (χ0v) is 9.63. The third kappa shape index (κ3) is 2.18. The van der Waals surface area contributed by atoms with Crippen LogP contribution in [0.5, 0.6) is 0 Å². The molecule has 4 nitrogen and oxygen atoms in total. The fraction of sp³-hybridized carbons (Fsp3) is 0.333. The quantitative estimate of drug-likeness (QED) is 0.600. The fourth-order valence-corrected chi connectivity index (χ4v) is 1.93. The van der Waals surface area contributed by atoms with Gasteiger partial charge >= 0.3 is 5.97 Å². The number of carbonyl (C=O) groups excluding carboxylic acids is 2. The van der Waals surface area contributed by atoms with E-state index >= 15 is 0 Å². The second kappa shape index (κ2) is 4.72. The molecule has 6 heteroatoms. The summed E-state index contributed by atoms with van der Waals surface area (Å²) in [7, 11) is 1.17. The molecule has 1 amide bonds. The van der Waals surface area contributed by atoms with Gasteiger partial charge in [0, 0.05) is 6.54 Å². The molecule has 1 aromatic rings. The van der Waals surface area contributed by atoms with Crippen molar-refractivity contribution in [3.63, 3.8) is 0 Å². The standard InChI is InChI=1S/C12H11F2NO3/c1-18-12(17)8-2-6-3-9(13)10(14)4-7(6)5-15-11(8)16/h3-4,8H,2,5H2,1H3,(H,15,16). The number of halogens is 2. The molecule has 0 spiro atoms. The molecule has 1 N–H and O–H groups in total. The minimum Gasteiger partial charge on any atom is -0.468 e. The Balaban J connectivity index is 2.39. The number of hydrogen-bond donors (Lipinski definition) is 1. The second-order valence-corrected chi connectivity index (χ2v) is 4.03. The van der Waals surface area contributed by atoms with Crippen molar-refractivity contribution in [3.05, 3.63) is 34.9 Å². The zero-order chi connectivity index (χ0) is 13.3. The third-order valence-corrected chi connectivity index (χ3v) is 2.92. The Morgan fingerprint density at radius 1 is 1.33 bits per heavy atom. The highest BCUT2D eigenvalue weighted by Crippen LogP contribution is 2.22. The monoisotopic (exact) mass is 255 g/mol. The Morgan fingerprint density at radius 3 is 2.56 bits per heavy atom. The molecule has 0 radical (unpaired) electrons. The minimum atomic E-state index is -1.03. The van der Waals surface area contributed by atoms with Gasteiger partial charge < -0.3 is 10.1 Å². The molecule has 0 saturated carbocycles. The van der Waals surface area contributed by atoms with E-state index < -0.39 is 29.4 Å². The van der Waals surface area contributed by atoms with Crippen LogP contribution >= 0.6 is 0 Å². The molecule has 1 unspecified atom stereocenters. The van der Waals surface area contributed by atoms with E-state index in [9.17, 15) is 18.4 Å². The number of nitrogens with one attached hydrogen (secondary N) is 1. The van der Waals surface area contributed by atoms with Crippen molar-refractivity contribution in [2.45, 2.75) is 13.0 Å². The summed E-state index contributed by atoms with van der Waals surface area (Å²) >= 11 is 0. The number of methoxy groups -OCH3 is 1. The van der Waals surface area contributed by atoms with Crippen molar-refractivity contribution in [3.8, 4) is 0 Å². The van der Waals surface area contributed by atoms with E-state index in [-0.39, 0.29) is 13.0 Å². The first-order valence-electron chi connectivity index (χ1n) is 5.35. The predicted molar refractivity (Wildman–Crippen MR) is 57.4 cm³/mol. The smallest absolute Gasteiger partial charge is 0.318 e. The molecule has 0 bridgehead atoms. The van der Waals surface area contributed by atoms with Crippen LogP contribution in [-0.4, -0.2) is 19.0 Å². The van der Waals surface area contributed by atoms with Crippen molar-refractivity contribution < 1.29 is 23.1 Å². The normalized spacial score (nSPS) is 18.6. The molecule has 0 aliphatic carbocycles. The van der Waals surface area contributed by atoms with Crippen molar-refractivity contribution >= 4 is 11.9 Å². The summed E-state index contributed by atoms with van der Waals surface area (Å²) in [6.07, 6.45) is 0.00500. The highest BCUT2D eigenvalue weighted by molar-refractivity contribution is 5.98. The van der Waals surface area contributed by atoms with Gasteiger partial charge in [0.2, 0.25) is 5.91 Å². The Bertz CT molecular complexity index is 516. The summed E-state index contributed by atoms with van der Waals surface area (Å²) in [5.74, 6) is -4.18. The van der Waals surface area contributed by atoms with Gasteiger partial charge in [-0.15, -0.1) is 0 Å². The van der Waals surface area contributed by atoms with Crippen LogP contribution in [0.2, 0.25) is 0 Å². The number of esters is 1. The molecule has 1 aliphatic rings. The second-order valence-electron chi connectivity index (χ2n) is 4.03. The topological polar surface area (TPSA) is 55.4 Å². The third-order valence-electron chi connectivity index (χ3n) is 2.92. The predicted octanol–water partition coefficient (Wildman–Crippen LogP) is 0.926. The maximum Gasteiger partial charge on any atom is 0.318 e. The van der Waals surface area contributed by atoms with Crippen molar-refractivity contribution in [2.24, 2.45) is 5.92 Å². The van der Waals surface area contributed by atoms with E-state index in [4.69, 9.17) is 0 Å². The first-order valence-corrected chi connectivity index (χ1v) is 5.35. The molecule has 0 fully saturated rings. The molecule has 2 rings (SSSR count). The summed E-state index contributed by atoms with van der Waals surface area (Å²) in [5.41, 5.74) is 0.899. The molecule has 0 aromatic heterocycles. The van der Waals surface area contributed by atoms with Crippen molar-refractivity contribution in [1.82, 2.24) is 5.32 Å². The summed E-state index contributed by atoms with van der Waals surface area (Å²) < 4.78 is 30.7. The van der Waals surface area contributed by atoms with Gasteiger partial charge in [-0.1, -0.05) is 0 Å². The van der Waals surface area contributed by atoms with Crippen LogP contribution < -0.4 is 5.32 Å². The van der Waals surface area contributed by atoms with E-state index in [2.05, 4.69) is 10.1 Å². The molecule has 1 aromatic carbocycles. The Hall–Kier alpha value is -1.98. The first kappa shape index (κ1) is 12.5. The number of ether oxygens (including phenoxy) is 1. The van der Waals surface area contributed by atoms with Crippen LogP contribution in [0.1, 0.15) is 11.1 Å². The number of hydrogen-bond acceptors (Lipinski definition) is 3. The van der Waals surface area contributed by atoms with Crippen molar-refractivity contribution in [1.29, 1.82) is 0 Å². The van der Waals surface area contributed by atoms with Crippen LogP contribution in [0.4, 0.5) is 8.78 Å². The molecular weight excluding hydrogens is 244 g/mol. The van der Waals surface area contributed by atoms with E-state index in [0.29, 0.717) is 11.1 Å². The number of amides is 1. The number of fused-ring (bicyclic) bond motifs is 1. The molecule has 18 heavy (non-hydrogen) atoms. The van der Waals surface area contributed by atoms with E-state index in [1.165, 1.54) is 7.11 Å². The summed E-state index contributed by atoms with van der Waals surface area (Å²) in [6.45, 7) is 0.0683. The fourth-order valence-electron chi connectivity index (χ4n) is 1.93. The van der Waals surface area contributed by atoms with Crippen LogP contribution in [0.25, 0.3) is 0 Å². The van der Waals surface area contributed by atoms with Gasteiger partial charge in [-0.3, -0.25) is 9.59 Å². The first-order chi connectivity index (χ1) is 8.52. The highest BCUT2D eigenvalue weighted by atomic mass is 19.2. The minimum absolute atomic E-state index is 0.00500. The lowest BCUT2D eigenvalue weighted by atomic mass is 9.96. The van der Waals surface area contributed by atoms with Gasteiger partial charge in [-0.2, -0.15) is 0 Å². The lowest BCUT2D eigenvalue weighted by Gasteiger charge is -2.10. The Labute approximate surface area is 102 Å². The van der Waals surface area contributed by atoms with Gasteiger partial charge in [0.25, 0.3) is 0 Å². The van der Waals surface area contributed by atoms with Gasteiger partial charge in [0.05, 0.1) is 7.11 Å². The van der Waals surface area contributed by atoms with Crippen LogP contribution in [0, 0.1) is 17.6 Å². The number of rotatable bonds is 1. The molecule has 1 aliphatic heterocycles. The van der Waals surface area contributed by atoms with E-state index in [1.807, 2.05) is 0 Å². The lowest BCUT2D eigenvalue weighted by molar-refractivity contribution is -0.149. The van der Waals surface area contributed by atoms with E-state index in [0.717, 1.165) is 12.1 Å². The molecule has 0 saturated heterocycles. The van der Waals surface area contributed by atoms with Gasteiger partial charge in [0.15, 0.2) is 11.6 Å². The van der Waals surface area contributed by atoms with Gasteiger partial charge in [-0.05, 0) is 29.7 Å². The largest absolute Gasteiger partial charge is 0.468 e. The highest BCUT2D eigenvalue weighted by Gasteiger charge is 2.31. The maximum absolute atomic E-state index is 13.1. The lowest BCUT2D eigenvalue weighted by Crippen LogP contribution is -2.34. The summed E-state index contributed by atoms with van der Waals surface area (Å²) in [6, 6.07) is 2.05. The average Bonchev–Trinajstić information content (AvgIpc) is 2.50. The van der Waals surface area contributed by atoms with Crippen molar-refractivity contribution in [2.75, 3.05) is 7.11 Å². The van der Waals surface area contributed by atoms with Gasteiger partial charge in [0.1, 0.15) is 5.92 Å². The molecule has 96 valence electrons. The van der Waals surface area contributed by atoms with Gasteiger partial charge in [-0.25, -0.2) is 8.78 Å². The maximum atomic E-state index is 13.1. The zero-order valence-electron chi connectivity index (χ0n) is 9.63. The summed E-state index contributed by atoms with van der Waals surface area (Å²) in [5, 5.41) is 2.48.